The third-order valence-electron chi connectivity index (χ3n) is 0. The van der Waals surface area contributed by atoms with E-state index in [0.29, 0.717) is 0 Å². The Bertz CT molecular complexity index is 11.5. The average molecular weight is 269 g/mol. The van der Waals surface area contributed by atoms with E-state index in [1.54, 1.807) is 0 Å². The molecule has 0 saturated carbocycles. The van der Waals surface area contributed by atoms with Gasteiger partial charge in [-0.2, -0.15) is 0 Å². The summed E-state index contributed by atoms with van der Waals surface area (Å²) < 4.78 is 0. The van der Waals surface area contributed by atoms with E-state index in [0.717, 1.165) is 0 Å². The first-order chi connectivity index (χ1) is 0. The van der Waals surface area contributed by atoms with Gasteiger partial charge in [0.2, 0.25) is 0 Å². The van der Waals surface area contributed by atoms with Crippen molar-refractivity contribution >= 4 is 48.9 Å². The van der Waals surface area contributed by atoms with E-state index in [1.165, 1.54) is 0 Å². The zero-order valence-electron chi connectivity index (χ0n) is 3.91. The Morgan fingerprint density at radius 3 is 1.00 bits per heavy atom. The van der Waals surface area contributed by atoms with Crippen molar-refractivity contribution in [2.45, 2.75) is 0 Å². The minimum atomic E-state index is 0. The van der Waals surface area contributed by atoms with Crippen LogP contribution in [0.15, 0.2) is 0 Å². The third kappa shape index (κ3) is 8.82. The van der Waals surface area contributed by atoms with E-state index in [9.17, 15) is 0 Å². The molecule has 0 heterocycles. The Kier molecular flexibility index (Phi) is 136. The first-order valence-corrected chi connectivity index (χ1v) is 0. The van der Waals surface area contributed by atoms with Crippen LogP contribution in [-0.4, -0.2) is 54.4 Å². The first kappa shape index (κ1) is 30.9. The van der Waals surface area contributed by atoms with Gasteiger partial charge in [-0.3, -0.25) is 0 Å². The summed E-state index contributed by atoms with van der Waals surface area (Å²) in [7, 11) is 0. The van der Waals surface area contributed by atoms with Gasteiger partial charge in [0.1, 0.15) is 0 Å². The van der Waals surface area contributed by atoms with E-state index in [1.807, 2.05) is 0 Å². The van der Waals surface area contributed by atoms with Gasteiger partial charge in [-0.05, 0) is 0 Å². The van der Waals surface area contributed by atoms with Crippen molar-refractivity contribution in [1.82, 2.24) is 0 Å². The van der Waals surface area contributed by atoms with Crippen molar-refractivity contribution < 1.29 is 42.5 Å². The Morgan fingerprint density at radius 2 is 1.00 bits per heavy atom. The van der Waals surface area contributed by atoms with Crippen molar-refractivity contribution in [1.29, 1.82) is 0 Å². The van der Waals surface area contributed by atoms with Gasteiger partial charge in [0.05, 0.1) is 0 Å². The number of rotatable bonds is 0. The number of hydrogen-bond acceptors (Lipinski definition) is 0. The van der Waals surface area contributed by atoms with Crippen molar-refractivity contribution in [3.05, 3.63) is 0 Å². The molecule has 0 saturated heterocycles. The molecule has 0 aromatic rings. The van der Waals surface area contributed by atoms with Gasteiger partial charge in [0.25, 0.3) is 0 Å². The molecule has 0 aliphatic rings. The van der Waals surface area contributed by atoms with Gasteiger partial charge in [-0.25, -0.2) is 0 Å². The Balaban J connectivity index is 0. The van der Waals surface area contributed by atoms with Gasteiger partial charge in [0.15, 0.2) is 0 Å². The monoisotopic (exact) mass is 270 g/mol. The van der Waals surface area contributed by atoms with Gasteiger partial charge in [-0.15, -0.1) is 0 Å². The van der Waals surface area contributed by atoms with Crippen LogP contribution in [-0.2, 0) is 34.1 Å². The van der Waals surface area contributed by atoms with Crippen LogP contribution in [0.25, 0.3) is 0 Å². The van der Waals surface area contributed by atoms with Crippen molar-refractivity contribution in [3.63, 3.8) is 0 Å². The van der Waals surface area contributed by atoms with E-state index in [2.05, 4.69) is 0 Å². The molecule has 0 aromatic carbocycles. The standard InChI is InChI=1S/Ba.2Fe.H2O.2H/h;;;1H2;;/q+2;;;;2*-1. The molecular formula is H4BaFe2O. The molecule has 0 aliphatic heterocycles. The van der Waals surface area contributed by atoms with E-state index >= 15 is 0 Å². The van der Waals surface area contributed by atoms with Crippen LogP contribution in [0.5, 0.6) is 0 Å². The quantitative estimate of drug-likeness (QED) is 0.506. The summed E-state index contributed by atoms with van der Waals surface area (Å²) in [4.78, 5) is 0. The topological polar surface area (TPSA) is 31.5 Å². The summed E-state index contributed by atoms with van der Waals surface area (Å²) >= 11 is 0. The molecule has 0 amide bonds. The summed E-state index contributed by atoms with van der Waals surface area (Å²) in [6, 6.07) is 0. The molecule has 0 radical (unpaired) electrons. The fourth-order valence-corrected chi connectivity index (χ4v) is 0. The minimum Gasteiger partial charge on any atom is -1.00 e. The maximum absolute atomic E-state index is 0. The average Bonchev–Trinajstić information content (AvgIpc) is 0. The SMILES string of the molecule is O.[Ba+2].[Fe].[Fe].[H-].[H-]. The molecule has 28 valence electrons. The van der Waals surface area contributed by atoms with Crippen LogP contribution in [0.2, 0.25) is 0 Å². The summed E-state index contributed by atoms with van der Waals surface area (Å²) in [5.41, 5.74) is 0. The van der Waals surface area contributed by atoms with E-state index in [4.69, 9.17) is 0 Å². The van der Waals surface area contributed by atoms with Crippen LogP contribution in [0.4, 0.5) is 0 Å². The molecule has 0 unspecified atom stereocenters. The zero-order valence-corrected chi connectivity index (χ0v) is 8.56. The summed E-state index contributed by atoms with van der Waals surface area (Å²) in [6.45, 7) is 0. The molecule has 4 heteroatoms. The van der Waals surface area contributed by atoms with Crippen LogP contribution < -0.4 is 0 Å². The summed E-state index contributed by atoms with van der Waals surface area (Å²) in [5, 5.41) is 0. The van der Waals surface area contributed by atoms with Crippen LogP contribution in [0.3, 0.4) is 0 Å². The maximum atomic E-state index is 0. The smallest absolute Gasteiger partial charge is 1.00 e. The second-order valence-corrected chi connectivity index (χ2v) is 0. The predicted molar refractivity (Wildman–Crippen MR) is 11.6 cm³/mol. The van der Waals surface area contributed by atoms with Gasteiger partial charge >= 0.3 is 48.9 Å². The minimum absolute atomic E-state index is 0. The second kappa shape index (κ2) is 17.6. The Hall–Kier alpha value is 2.57. The van der Waals surface area contributed by atoms with E-state index in [-0.39, 0.29) is 91.3 Å². The number of hydrogen-bond donors (Lipinski definition) is 0. The molecule has 1 nitrogen and oxygen atoms in total. The van der Waals surface area contributed by atoms with Crippen molar-refractivity contribution in [3.8, 4) is 0 Å². The zero-order chi connectivity index (χ0) is 0. The first-order valence-electron chi connectivity index (χ1n) is 0. The molecule has 0 fully saturated rings. The molecule has 0 bridgehead atoms. The summed E-state index contributed by atoms with van der Waals surface area (Å²) in [6.07, 6.45) is 0. The third-order valence-corrected chi connectivity index (χ3v) is 0. The second-order valence-electron chi connectivity index (χ2n) is 0. The fraction of sp³-hybridized carbons (Fsp3) is 0. The molecule has 4 heavy (non-hydrogen) atoms. The molecule has 0 atom stereocenters. The Labute approximate surface area is 89.6 Å². The van der Waals surface area contributed by atoms with Crippen LogP contribution in [0, 0.1) is 0 Å². The van der Waals surface area contributed by atoms with Crippen LogP contribution >= 0.6 is 0 Å². The summed E-state index contributed by atoms with van der Waals surface area (Å²) in [5.74, 6) is 0. The van der Waals surface area contributed by atoms with Crippen molar-refractivity contribution in [2.75, 3.05) is 0 Å². The van der Waals surface area contributed by atoms with Gasteiger partial charge < -0.3 is 8.33 Å². The molecule has 0 aromatic heterocycles. The Morgan fingerprint density at radius 1 is 1.00 bits per heavy atom. The van der Waals surface area contributed by atoms with Gasteiger partial charge in [0, 0.05) is 34.1 Å². The fourth-order valence-electron chi connectivity index (χ4n) is 0. The molecule has 0 rings (SSSR count). The van der Waals surface area contributed by atoms with Crippen molar-refractivity contribution in [2.24, 2.45) is 0 Å². The predicted octanol–water partition coefficient (Wildman–Crippen LogP) is -0.985. The van der Waals surface area contributed by atoms with E-state index < -0.39 is 0 Å². The maximum Gasteiger partial charge on any atom is 2.00 e. The largest absolute Gasteiger partial charge is 2.00 e. The normalized spacial score (nSPS) is 0. The molecule has 2 N–H and O–H groups in total. The van der Waals surface area contributed by atoms with Gasteiger partial charge in [-0.1, -0.05) is 0 Å². The molecular weight excluding hydrogens is 265 g/mol. The molecule has 0 spiro atoms. The molecule has 0 aliphatic carbocycles. The van der Waals surface area contributed by atoms with Crippen LogP contribution in [0.1, 0.15) is 2.85 Å².